The second-order valence-electron chi connectivity index (χ2n) is 4.82. The molecule has 18 heavy (non-hydrogen) atoms. The van der Waals surface area contributed by atoms with Gasteiger partial charge in [0.05, 0.1) is 6.20 Å². The highest BCUT2D eigenvalue weighted by atomic mass is 16.5. The van der Waals surface area contributed by atoms with Gasteiger partial charge in [0.1, 0.15) is 6.10 Å². The van der Waals surface area contributed by atoms with Crippen molar-refractivity contribution in [2.75, 3.05) is 6.61 Å². The second kappa shape index (κ2) is 5.52. The minimum Gasteiger partial charge on any atom is -0.369 e. The van der Waals surface area contributed by atoms with Crippen molar-refractivity contribution in [1.29, 1.82) is 0 Å². The molecule has 0 radical (unpaired) electrons. The molecular weight excluding hydrogens is 230 g/mol. The standard InChI is InChI=1S/C13H21N3O2/c1-4-18-10(2)13(17)16(12-5-6-12)9-11-7-14-15(3)8-11/h7-8,10,12H,4-6,9H2,1-3H3/t10-/m0/s1. The van der Waals surface area contributed by atoms with Gasteiger partial charge in [-0.15, -0.1) is 0 Å². The normalized spacial score (nSPS) is 16.6. The van der Waals surface area contributed by atoms with Crippen LogP contribution in [0.4, 0.5) is 0 Å². The first-order chi connectivity index (χ1) is 8.61. The zero-order chi connectivity index (χ0) is 13.1. The van der Waals surface area contributed by atoms with Crippen molar-refractivity contribution in [3.05, 3.63) is 18.0 Å². The van der Waals surface area contributed by atoms with Gasteiger partial charge in [-0.3, -0.25) is 9.48 Å². The molecule has 1 atom stereocenters. The lowest BCUT2D eigenvalue weighted by molar-refractivity contribution is -0.143. The first-order valence-corrected chi connectivity index (χ1v) is 6.51. The molecule has 1 aliphatic carbocycles. The molecule has 0 aromatic carbocycles. The van der Waals surface area contributed by atoms with E-state index in [-0.39, 0.29) is 12.0 Å². The van der Waals surface area contributed by atoms with E-state index in [2.05, 4.69) is 5.10 Å². The number of ether oxygens (including phenoxy) is 1. The second-order valence-corrected chi connectivity index (χ2v) is 4.82. The summed E-state index contributed by atoms with van der Waals surface area (Å²) in [5, 5.41) is 4.14. The number of aromatic nitrogens is 2. The molecule has 1 fully saturated rings. The van der Waals surface area contributed by atoms with Crippen molar-refractivity contribution in [3.63, 3.8) is 0 Å². The molecule has 1 aliphatic rings. The van der Waals surface area contributed by atoms with Gasteiger partial charge >= 0.3 is 0 Å². The van der Waals surface area contributed by atoms with E-state index in [0.717, 1.165) is 18.4 Å². The van der Waals surface area contributed by atoms with Crippen LogP contribution in [0.1, 0.15) is 32.3 Å². The van der Waals surface area contributed by atoms with E-state index in [9.17, 15) is 4.79 Å². The van der Waals surface area contributed by atoms with E-state index in [1.165, 1.54) is 0 Å². The van der Waals surface area contributed by atoms with Gasteiger partial charge in [0.2, 0.25) is 0 Å². The Labute approximate surface area is 108 Å². The van der Waals surface area contributed by atoms with Crippen LogP contribution < -0.4 is 0 Å². The minimum atomic E-state index is -0.354. The number of hydrogen-bond donors (Lipinski definition) is 0. The number of amides is 1. The molecule has 0 saturated heterocycles. The average molecular weight is 251 g/mol. The molecule has 100 valence electrons. The third-order valence-corrected chi connectivity index (χ3v) is 3.15. The topological polar surface area (TPSA) is 47.4 Å². The van der Waals surface area contributed by atoms with E-state index in [0.29, 0.717) is 19.2 Å². The summed E-state index contributed by atoms with van der Waals surface area (Å²) in [7, 11) is 1.88. The third kappa shape index (κ3) is 3.10. The van der Waals surface area contributed by atoms with Gasteiger partial charge in [-0.05, 0) is 26.7 Å². The predicted octanol–water partition coefficient (Wildman–Crippen LogP) is 1.34. The summed E-state index contributed by atoms with van der Waals surface area (Å²) in [6.45, 7) is 4.93. The molecule has 0 bridgehead atoms. The number of carbonyl (C=O) groups is 1. The predicted molar refractivity (Wildman–Crippen MR) is 67.9 cm³/mol. The quantitative estimate of drug-likeness (QED) is 0.766. The molecule has 1 aromatic rings. The molecule has 5 nitrogen and oxygen atoms in total. The molecule has 0 spiro atoms. The molecule has 2 rings (SSSR count). The van der Waals surface area contributed by atoms with Crippen LogP contribution in [0, 0.1) is 0 Å². The van der Waals surface area contributed by atoms with Gasteiger partial charge in [-0.25, -0.2) is 0 Å². The first-order valence-electron chi connectivity index (χ1n) is 6.51. The van der Waals surface area contributed by atoms with Crippen LogP contribution in [0.25, 0.3) is 0 Å². The minimum absolute atomic E-state index is 0.0863. The molecule has 1 amide bonds. The highest BCUT2D eigenvalue weighted by molar-refractivity contribution is 5.81. The molecule has 5 heteroatoms. The zero-order valence-corrected chi connectivity index (χ0v) is 11.3. The van der Waals surface area contributed by atoms with Gasteiger partial charge in [-0.2, -0.15) is 5.10 Å². The van der Waals surface area contributed by atoms with Crippen molar-refractivity contribution in [2.24, 2.45) is 7.05 Å². The Morgan fingerprint density at radius 2 is 2.39 bits per heavy atom. The summed E-state index contributed by atoms with van der Waals surface area (Å²) in [6, 6.07) is 0.389. The van der Waals surface area contributed by atoms with Crippen molar-refractivity contribution in [2.45, 2.75) is 45.4 Å². The van der Waals surface area contributed by atoms with Crippen molar-refractivity contribution >= 4 is 5.91 Å². The van der Waals surface area contributed by atoms with Crippen molar-refractivity contribution in [3.8, 4) is 0 Å². The molecular formula is C13H21N3O2. The summed E-state index contributed by atoms with van der Waals surface area (Å²) < 4.78 is 7.15. The maximum absolute atomic E-state index is 12.3. The van der Waals surface area contributed by atoms with Crippen molar-refractivity contribution in [1.82, 2.24) is 14.7 Å². The molecule has 1 saturated carbocycles. The Hall–Kier alpha value is -1.36. The third-order valence-electron chi connectivity index (χ3n) is 3.15. The van der Waals surface area contributed by atoms with Crippen LogP contribution in [0.3, 0.4) is 0 Å². The van der Waals surface area contributed by atoms with E-state index in [1.54, 1.807) is 4.68 Å². The van der Waals surface area contributed by atoms with Crippen LogP contribution in [0.15, 0.2) is 12.4 Å². The number of nitrogens with zero attached hydrogens (tertiary/aromatic N) is 3. The van der Waals surface area contributed by atoms with E-state index in [1.807, 2.05) is 38.2 Å². The zero-order valence-electron chi connectivity index (χ0n) is 11.3. The fourth-order valence-corrected chi connectivity index (χ4v) is 2.08. The number of carbonyl (C=O) groups excluding carboxylic acids is 1. The van der Waals surface area contributed by atoms with E-state index >= 15 is 0 Å². The van der Waals surface area contributed by atoms with Crippen LogP contribution in [-0.2, 0) is 23.1 Å². The fraction of sp³-hybridized carbons (Fsp3) is 0.692. The van der Waals surface area contributed by atoms with E-state index < -0.39 is 0 Å². The Balaban J connectivity index is 2.01. The van der Waals surface area contributed by atoms with Gasteiger partial charge in [0.15, 0.2) is 0 Å². The summed E-state index contributed by atoms with van der Waals surface area (Å²) in [5.41, 5.74) is 1.07. The van der Waals surface area contributed by atoms with Gasteiger partial charge in [0.25, 0.3) is 5.91 Å². The van der Waals surface area contributed by atoms with Crippen LogP contribution in [0.5, 0.6) is 0 Å². The smallest absolute Gasteiger partial charge is 0.251 e. The first kappa shape index (κ1) is 13.1. The van der Waals surface area contributed by atoms with Crippen LogP contribution in [0.2, 0.25) is 0 Å². The monoisotopic (exact) mass is 251 g/mol. The van der Waals surface area contributed by atoms with E-state index in [4.69, 9.17) is 4.74 Å². The Morgan fingerprint density at radius 1 is 1.67 bits per heavy atom. The lowest BCUT2D eigenvalue weighted by Crippen LogP contribution is -2.40. The molecule has 1 aromatic heterocycles. The molecule has 0 N–H and O–H groups in total. The number of aryl methyl sites for hydroxylation is 1. The summed E-state index contributed by atoms with van der Waals surface area (Å²) in [5.74, 6) is 0.0863. The maximum Gasteiger partial charge on any atom is 0.251 e. The van der Waals surface area contributed by atoms with Crippen LogP contribution >= 0.6 is 0 Å². The largest absolute Gasteiger partial charge is 0.369 e. The summed E-state index contributed by atoms with van der Waals surface area (Å²) >= 11 is 0. The molecule has 0 unspecified atom stereocenters. The number of hydrogen-bond acceptors (Lipinski definition) is 3. The van der Waals surface area contributed by atoms with Crippen molar-refractivity contribution < 1.29 is 9.53 Å². The molecule has 0 aliphatic heterocycles. The fourth-order valence-electron chi connectivity index (χ4n) is 2.08. The average Bonchev–Trinajstić information content (AvgIpc) is 3.09. The lowest BCUT2D eigenvalue weighted by atomic mass is 10.2. The molecule has 1 heterocycles. The highest BCUT2D eigenvalue weighted by Crippen LogP contribution is 2.29. The maximum atomic E-state index is 12.3. The summed E-state index contributed by atoms with van der Waals surface area (Å²) in [4.78, 5) is 14.2. The highest BCUT2D eigenvalue weighted by Gasteiger charge is 2.34. The summed E-state index contributed by atoms with van der Waals surface area (Å²) in [6.07, 6.45) is 5.62. The van der Waals surface area contributed by atoms with Gasteiger partial charge in [0, 0.05) is 38.0 Å². The lowest BCUT2D eigenvalue weighted by Gasteiger charge is -2.25. The Bertz CT molecular complexity index is 412. The van der Waals surface area contributed by atoms with Crippen LogP contribution in [-0.4, -0.2) is 39.3 Å². The van der Waals surface area contributed by atoms with Gasteiger partial charge in [-0.1, -0.05) is 0 Å². The number of rotatable bonds is 6. The van der Waals surface area contributed by atoms with Gasteiger partial charge < -0.3 is 9.64 Å². The Kier molecular flexibility index (Phi) is 4.01. The Morgan fingerprint density at radius 3 is 2.89 bits per heavy atom. The SMILES string of the molecule is CCO[C@@H](C)C(=O)N(Cc1cnn(C)c1)C1CC1.